The van der Waals surface area contributed by atoms with Crippen LogP contribution >= 0.6 is 0 Å². The van der Waals surface area contributed by atoms with Gasteiger partial charge in [-0.1, -0.05) is 0 Å². The first-order valence-electron chi connectivity index (χ1n) is 5.37. The maximum atomic E-state index is 11.3. The third-order valence-corrected chi connectivity index (χ3v) is 3.28. The maximum absolute atomic E-state index is 11.3. The van der Waals surface area contributed by atoms with E-state index in [4.69, 9.17) is 4.74 Å². The van der Waals surface area contributed by atoms with Gasteiger partial charge in [0.25, 0.3) is 0 Å². The first-order chi connectivity index (χ1) is 7.06. The molecule has 0 aromatic carbocycles. The minimum atomic E-state index is -0.112. The van der Waals surface area contributed by atoms with Gasteiger partial charge >= 0.3 is 5.97 Å². The summed E-state index contributed by atoms with van der Waals surface area (Å²) in [7, 11) is 3.25. The van der Waals surface area contributed by atoms with Crippen LogP contribution in [0.2, 0.25) is 0 Å². The Morgan fingerprint density at radius 3 is 2.13 bits per heavy atom. The Bertz CT molecular complexity index is 244. The van der Waals surface area contributed by atoms with Crippen molar-refractivity contribution in [3.63, 3.8) is 0 Å². The first kappa shape index (κ1) is 12.0. The number of hydrogen-bond donors (Lipinski definition) is 0. The monoisotopic (exact) mass is 213 g/mol. The highest BCUT2D eigenvalue weighted by atomic mass is 16.5. The smallest absolute Gasteiger partial charge is 0.308 e. The molecule has 0 saturated heterocycles. The van der Waals surface area contributed by atoms with Gasteiger partial charge in [-0.05, 0) is 25.7 Å². The van der Waals surface area contributed by atoms with Crippen molar-refractivity contribution >= 4 is 11.9 Å². The summed E-state index contributed by atoms with van der Waals surface area (Å²) in [4.78, 5) is 24.2. The van der Waals surface area contributed by atoms with Crippen LogP contribution in [0.3, 0.4) is 0 Å². The van der Waals surface area contributed by atoms with Crippen LogP contribution in [0.15, 0.2) is 0 Å². The molecule has 1 fully saturated rings. The Kier molecular flexibility index (Phi) is 4.12. The van der Waals surface area contributed by atoms with E-state index >= 15 is 0 Å². The van der Waals surface area contributed by atoms with E-state index in [1.807, 2.05) is 7.05 Å². The predicted octanol–water partition coefficient (Wildman–Crippen LogP) is 1.20. The van der Waals surface area contributed by atoms with E-state index < -0.39 is 0 Å². The van der Waals surface area contributed by atoms with E-state index in [1.165, 1.54) is 7.11 Å². The van der Waals surface area contributed by atoms with E-state index in [0.717, 1.165) is 25.7 Å². The van der Waals surface area contributed by atoms with E-state index in [0.29, 0.717) is 6.04 Å². The fourth-order valence-corrected chi connectivity index (χ4v) is 2.12. The molecular weight excluding hydrogens is 194 g/mol. The Balaban J connectivity index is 2.42. The van der Waals surface area contributed by atoms with Crippen LogP contribution in [0, 0.1) is 5.92 Å². The molecule has 0 heterocycles. The normalized spacial score (nSPS) is 25.8. The van der Waals surface area contributed by atoms with Gasteiger partial charge in [-0.2, -0.15) is 0 Å². The molecule has 0 bridgehead atoms. The number of methoxy groups -OCH3 is 1. The lowest BCUT2D eigenvalue weighted by Crippen LogP contribution is -2.39. The van der Waals surface area contributed by atoms with Crippen LogP contribution in [0.25, 0.3) is 0 Å². The molecule has 0 atom stereocenters. The van der Waals surface area contributed by atoms with Crippen LogP contribution in [-0.4, -0.2) is 37.0 Å². The molecule has 1 aliphatic carbocycles. The molecule has 0 aliphatic heterocycles. The highest BCUT2D eigenvalue weighted by Crippen LogP contribution is 2.27. The molecular formula is C11H19NO3. The van der Waals surface area contributed by atoms with Crippen molar-refractivity contribution in [3.8, 4) is 0 Å². The van der Waals surface area contributed by atoms with Gasteiger partial charge in [0.1, 0.15) is 0 Å². The topological polar surface area (TPSA) is 46.6 Å². The van der Waals surface area contributed by atoms with Gasteiger partial charge < -0.3 is 9.64 Å². The zero-order chi connectivity index (χ0) is 11.4. The largest absolute Gasteiger partial charge is 0.469 e. The number of nitrogens with zero attached hydrogens (tertiary/aromatic N) is 1. The fourth-order valence-electron chi connectivity index (χ4n) is 2.12. The molecule has 0 spiro atoms. The molecule has 86 valence electrons. The summed E-state index contributed by atoms with van der Waals surface area (Å²) in [5, 5.41) is 0. The molecule has 4 heteroatoms. The van der Waals surface area contributed by atoms with Gasteiger partial charge in [0.15, 0.2) is 0 Å². The van der Waals surface area contributed by atoms with Crippen LogP contribution in [0.4, 0.5) is 0 Å². The van der Waals surface area contributed by atoms with Crippen molar-refractivity contribution in [1.82, 2.24) is 4.90 Å². The van der Waals surface area contributed by atoms with Gasteiger partial charge in [-0.3, -0.25) is 9.59 Å². The number of rotatable bonds is 2. The second-order valence-electron chi connectivity index (χ2n) is 4.16. The third-order valence-electron chi connectivity index (χ3n) is 3.28. The first-order valence-corrected chi connectivity index (χ1v) is 5.37. The van der Waals surface area contributed by atoms with Crippen molar-refractivity contribution < 1.29 is 14.3 Å². The zero-order valence-electron chi connectivity index (χ0n) is 9.66. The van der Waals surface area contributed by atoms with Gasteiger partial charge in [-0.15, -0.1) is 0 Å². The molecule has 1 amide bonds. The molecule has 0 radical (unpaired) electrons. The van der Waals surface area contributed by atoms with Gasteiger partial charge in [0, 0.05) is 20.0 Å². The van der Waals surface area contributed by atoms with E-state index in [1.54, 1.807) is 11.8 Å². The van der Waals surface area contributed by atoms with Gasteiger partial charge in [0.2, 0.25) is 5.91 Å². The number of ether oxygens (including phenoxy) is 1. The van der Waals surface area contributed by atoms with Crippen LogP contribution < -0.4 is 0 Å². The molecule has 1 rings (SSSR count). The predicted molar refractivity (Wildman–Crippen MR) is 56.2 cm³/mol. The number of carbonyl (C=O) groups excluding carboxylic acids is 2. The Morgan fingerprint density at radius 2 is 1.73 bits per heavy atom. The second kappa shape index (κ2) is 5.14. The zero-order valence-corrected chi connectivity index (χ0v) is 9.66. The third kappa shape index (κ3) is 2.94. The van der Waals surface area contributed by atoms with Gasteiger partial charge in [-0.25, -0.2) is 0 Å². The summed E-state index contributed by atoms with van der Waals surface area (Å²) in [6.45, 7) is 1.58. The van der Waals surface area contributed by atoms with Crippen molar-refractivity contribution in [3.05, 3.63) is 0 Å². The molecule has 0 N–H and O–H groups in total. The average molecular weight is 213 g/mol. The van der Waals surface area contributed by atoms with E-state index in [2.05, 4.69) is 0 Å². The second-order valence-corrected chi connectivity index (χ2v) is 4.16. The van der Waals surface area contributed by atoms with Crippen molar-refractivity contribution in [1.29, 1.82) is 0 Å². The average Bonchev–Trinajstić information content (AvgIpc) is 2.27. The van der Waals surface area contributed by atoms with E-state index in [-0.39, 0.29) is 17.8 Å². The molecule has 4 nitrogen and oxygen atoms in total. The number of hydrogen-bond acceptors (Lipinski definition) is 3. The lowest BCUT2D eigenvalue weighted by Gasteiger charge is -2.33. The van der Waals surface area contributed by atoms with Crippen molar-refractivity contribution in [2.45, 2.75) is 38.6 Å². The van der Waals surface area contributed by atoms with E-state index in [9.17, 15) is 9.59 Å². The quantitative estimate of drug-likeness (QED) is 0.647. The van der Waals surface area contributed by atoms with Crippen molar-refractivity contribution in [2.24, 2.45) is 5.92 Å². The van der Waals surface area contributed by atoms with Crippen LogP contribution in [-0.2, 0) is 14.3 Å². The summed E-state index contributed by atoms with van der Waals surface area (Å²) in [5.74, 6) is 0.0158. The summed E-state index contributed by atoms with van der Waals surface area (Å²) in [6, 6.07) is 0.295. The lowest BCUT2D eigenvalue weighted by molar-refractivity contribution is -0.147. The number of amides is 1. The minimum absolute atomic E-state index is 0.0339. The molecule has 15 heavy (non-hydrogen) atoms. The lowest BCUT2D eigenvalue weighted by atomic mass is 9.85. The SMILES string of the molecule is COC(=O)C1CCC(N(C)C(C)=O)CC1. The standard InChI is InChI=1S/C11H19NO3/c1-8(13)12(2)10-6-4-9(5-7-10)11(14)15-3/h9-10H,4-7H2,1-3H3. The molecule has 0 aromatic heterocycles. The van der Waals surface area contributed by atoms with Crippen LogP contribution in [0.5, 0.6) is 0 Å². The fraction of sp³-hybridized carbons (Fsp3) is 0.818. The maximum Gasteiger partial charge on any atom is 0.308 e. The number of carbonyl (C=O) groups is 2. The molecule has 0 aromatic rings. The summed E-state index contributed by atoms with van der Waals surface area (Å²) < 4.78 is 4.71. The Labute approximate surface area is 90.6 Å². The summed E-state index contributed by atoms with van der Waals surface area (Å²) in [6.07, 6.45) is 3.45. The minimum Gasteiger partial charge on any atom is -0.469 e. The van der Waals surface area contributed by atoms with Crippen LogP contribution in [0.1, 0.15) is 32.6 Å². The molecule has 1 saturated carbocycles. The molecule has 1 aliphatic rings. The highest BCUT2D eigenvalue weighted by Gasteiger charge is 2.29. The van der Waals surface area contributed by atoms with Gasteiger partial charge in [0.05, 0.1) is 13.0 Å². The highest BCUT2D eigenvalue weighted by molar-refractivity contribution is 5.74. The summed E-state index contributed by atoms with van der Waals surface area (Å²) in [5.41, 5.74) is 0. The summed E-state index contributed by atoms with van der Waals surface area (Å²) >= 11 is 0. The Hall–Kier alpha value is -1.06. The number of esters is 1. The Morgan fingerprint density at radius 1 is 1.20 bits per heavy atom. The molecule has 0 unspecified atom stereocenters. The van der Waals surface area contributed by atoms with Crippen molar-refractivity contribution in [2.75, 3.05) is 14.2 Å².